The van der Waals surface area contributed by atoms with Crippen molar-refractivity contribution >= 4 is 11.8 Å². The molecule has 0 aliphatic heterocycles. The van der Waals surface area contributed by atoms with Gasteiger partial charge in [-0.1, -0.05) is 12.1 Å². The first-order valence-corrected chi connectivity index (χ1v) is 5.99. The van der Waals surface area contributed by atoms with Crippen LogP contribution in [-0.4, -0.2) is 18.4 Å². The number of hydrogen-bond donors (Lipinski definition) is 3. The first-order chi connectivity index (χ1) is 8.63. The number of carbonyl (C=O) groups excluding carboxylic acids is 2. The molecular weight excluding hydrogens is 230 g/mol. The number of primary amides is 1. The Hall–Kier alpha value is -1.88. The fourth-order valence-corrected chi connectivity index (χ4v) is 1.57. The number of nitrogens with two attached hydrogens (primary N) is 2. The Labute approximate surface area is 107 Å². The van der Waals surface area contributed by atoms with Gasteiger partial charge < -0.3 is 16.8 Å². The van der Waals surface area contributed by atoms with Crippen LogP contribution in [0.1, 0.15) is 35.2 Å². The van der Waals surface area contributed by atoms with Gasteiger partial charge in [0.15, 0.2) is 0 Å². The summed E-state index contributed by atoms with van der Waals surface area (Å²) >= 11 is 0. The van der Waals surface area contributed by atoms with Gasteiger partial charge in [-0.15, -0.1) is 0 Å². The molecule has 18 heavy (non-hydrogen) atoms. The van der Waals surface area contributed by atoms with Crippen LogP contribution in [0.4, 0.5) is 0 Å². The van der Waals surface area contributed by atoms with Crippen molar-refractivity contribution in [1.82, 2.24) is 5.32 Å². The van der Waals surface area contributed by atoms with E-state index in [1.807, 2.05) is 12.1 Å². The molecule has 0 aliphatic carbocycles. The van der Waals surface area contributed by atoms with Gasteiger partial charge in [-0.3, -0.25) is 9.59 Å². The third-order valence-electron chi connectivity index (χ3n) is 2.56. The molecule has 0 saturated carbocycles. The lowest BCUT2D eigenvalue weighted by Gasteiger charge is -2.06. The van der Waals surface area contributed by atoms with Crippen LogP contribution in [0, 0.1) is 0 Å². The maximum absolute atomic E-state index is 11.8. The SMILES string of the molecule is NCc1cccc(C(=O)NCCCCC(N)=O)c1. The largest absolute Gasteiger partial charge is 0.370 e. The molecule has 0 radical (unpaired) electrons. The van der Waals surface area contributed by atoms with E-state index < -0.39 is 0 Å². The van der Waals surface area contributed by atoms with Gasteiger partial charge >= 0.3 is 0 Å². The molecule has 5 heteroatoms. The quantitative estimate of drug-likeness (QED) is 0.615. The monoisotopic (exact) mass is 249 g/mol. The Bertz CT molecular complexity index is 418. The standard InChI is InChI=1S/C13H19N3O2/c14-9-10-4-3-5-11(8-10)13(18)16-7-2-1-6-12(15)17/h3-5,8H,1-2,6-7,9,14H2,(H2,15,17)(H,16,18). The van der Waals surface area contributed by atoms with Crippen LogP contribution in [0.25, 0.3) is 0 Å². The van der Waals surface area contributed by atoms with Crippen molar-refractivity contribution in [3.63, 3.8) is 0 Å². The summed E-state index contributed by atoms with van der Waals surface area (Å²) in [5.41, 5.74) is 12.1. The second-order valence-corrected chi connectivity index (χ2v) is 4.08. The zero-order valence-corrected chi connectivity index (χ0v) is 10.3. The third kappa shape index (κ3) is 4.97. The number of unbranched alkanes of at least 4 members (excludes halogenated alkanes) is 1. The van der Waals surface area contributed by atoms with E-state index in [4.69, 9.17) is 11.5 Å². The van der Waals surface area contributed by atoms with Gasteiger partial charge in [0.2, 0.25) is 5.91 Å². The van der Waals surface area contributed by atoms with Gasteiger partial charge in [-0.25, -0.2) is 0 Å². The highest BCUT2D eigenvalue weighted by Gasteiger charge is 2.05. The van der Waals surface area contributed by atoms with Crippen LogP contribution in [0.3, 0.4) is 0 Å². The Morgan fingerprint density at radius 3 is 2.67 bits per heavy atom. The molecule has 0 spiro atoms. The van der Waals surface area contributed by atoms with Crippen molar-refractivity contribution in [3.05, 3.63) is 35.4 Å². The normalized spacial score (nSPS) is 10.1. The van der Waals surface area contributed by atoms with Crippen molar-refractivity contribution in [3.8, 4) is 0 Å². The second kappa shape index (κ2) is 7.45. The lowest BCUT2D eigenvalue weighted by molar-refractivity contribution is -0.118. The first-order valence-electron chi connectivity index (χ1n) is 5.99. The van der Waals surface area contributed by atoms with Crippen LogP contribution in [0.2, 0.25) is 0 Å². The molecule has 0 aliphatic rings. The Morgan fingerprint density at radius 1 is 1.22 bits per heavy atom. The zero-order valence-electron chi connectivity index (χ0n) is 10.3. The van der Waals surface area contributed by atoms with Gasteiger partial charge in [0, 0.05) is 25.1 Å². The predicted octanol–water partition coefficient (Wildman–Crippen LogP) is 0.531. The molecular formula is C13H19N3O2. The highest BCUT2D eigenvalue weighted by atomic mass is 16.2. The molecule has 0 atom stereocenters. The molecule has 5 nitrogen and oxygen atoms in total. The molecule has 0 fully saturated rings. The van der Waals surface area contributed by atoms with E-state index in [0.717, 1.165) is 12.0 Å². The summed E-state index contributed by atoms with van der Waals surface area (Å²) in [5.74, 6) is -0.429. The number of hydrogen-bond acceptors (Lipinski definition) is 3. The molecule has 0 heterocycles. The number of rotatable bonds is 7. The minimum Gasteiger partial charge on any atom is -0.370 e. The van der Waals surface area contributed by atoms with Gasteiger partial charge in [0.1, 0.15) is 0 Å². The molecule has 0 aromatic heterocycles. The Kier molecular flexibility index (Phi) is 5.87. The van der Waals surface area contributed by atoms with E-state index in [9.17, 15) is 9.59 Å². The summed E-state index contributed by atoms with van der Waals surface area (Å²) in [6.07, 6.45) is 1.79. The average Bonchev–Trinajstić information content (AvgIpc) is 2.37. The third-order valence-corrected chi connectivity index (χ3v) is 2.56. The fraction of sp³-hybridized carbons (Fsp3) is 0.385. The molecule has 0 saturated heterocycles. The lowest BCUT2D eigenvalue weighted by Crippen LogP contribution is -2.24. The summed E-state index contributed by atoms with van der Waals surface area (Å²) in [7, 11) is 0. The maximum Gasteiger partial charge on any atom is 0.251 e. The van der Waals surface area contributed by atoms with Crippen molar-refractivity contribution in [2.45, 2.75) is 25.8 Å². The summed E-state index contributed by atoms with van der Waals surface area (Å²) < 4.78 is 0. The summed E-state index contributed by atoms with van der Waals surface area (Å²) in [6.45, 7) is 0.957. The van der Waals surface area contributed by atoms with Crippen LogP contribution >= 0.6 is 0 Å². The summed E-state index contributed by atoms with van der Waals surface area (Å²) in [6, 6.07) is 7.21. The summed E-state index contributed by atoms with van der Waals surface area (Å²) in [5, 5.41) is 2.79. The van der Waals surface area contributed by atoms with Crippen molar-refractivity contribution in [2.75, 3.05) is 6.54 Å². The van der Waals surface area contributed by atoms with E-state index in [0.29, 0.717) is 31.5 Å². The fourth-order valence-electron chi connectivity index (χ4n) is 1.57. The minimum atomic E-state index is -0.308. The molecule has 0 unspecified atom stereocenters. The lowest BCUT2D eigenvalue weighted by atomic mass is 10.1. The maximum atomic E-state index is 11.8. The van der Waals surface area contributed by atoms with E-state index >= 15 is 0 Å². The van der Waals surface area contributed by atoms with Gasteiger partial charge in [0.25, 0.3) is 5.91 Å². The van der Waals surface area contributed by atoms with E-state index in [2.05, 4.69) is 5.32 Å². The molecule has 1 aromatic rings. The van der Waals surface area contributed by atoms with Crippen molar-refractivity contribution in [2.24, 2.45) is 11.5 Å². The van der Waals surface area contributed by atoms with Crippen LogP contribution in [0.5, 0.6) is 0 Å². The number of benzene rings is 1. The molecule has 1 aromatic carbocycles. The topological polar surface area (TPSA) is 98.2 Å². The zero-order chi connectivity index (χ0) is 13.4. The molecule has 2 amide bonds. The van der Waals surface area contributed by atoms with Crippen LogP contribution < -0.4 is 16.8 Å². The molecule has 0 bridgehead atoms. The first kappa shape index (κ1) is 14.2. The van der Waals surface area contributed by atoms with Crippen LogP contribution in [0.15, 0.2) is 24.3 Å². The highest BCUT2D eigenvalue weighted by molar-refractivity contribution is 5.94. The Balaban J connectivity index is 2.33. The second-order valence-electron chi connectivity index (χ2n) is 4.08. The highest BCUT2D eigenvalue weighted by Crippen LogP contribution is 2.04. The van der Waals surface area contributed by atoms with Crippen molar-refractivity contribution in [1.29, 1.82) is 0 Å². The van der Waals surface area contributed by atoms with Gasteiger partial charge in [0.05, 0.1) is 0 Å². The number of nitrogens with one attached hydrogen (secondary N) is 1. The Morgan fingerprint density at radius 2 is 2.00 bits per heavy atom. The number of carbonyl (C=O) groups is 2. The van der Waals surface area contributed by atoms with E-state index in [1.165, 1.54) is 0 Å². The average molecular weight is 249 g/mol. The van der Waals surface area contributed by atoms with Crippen molar-refractivity contribution < 1.29 is 9.59 Å². The van der Waals surface area contributed by atoms with E-state index in [-0.39, 0.29) is 11.8 Å². The predicted molar refractivity (Wildman–Crippen MR) is 69.7 cm³/mol. The van der Waals surface area contributed by atoms with E-state index in [1.54, 1.807) is 12.1 Å². The smallest absolute Gasteiger partial charge is 0.251 e. The van der Waals surface area contributed by atoms with Gasteiger partial charge in [-0.05, 0) is 30.5 Å². The molecule has 98 valence electrons. The molecule has 5 N–H and O–H groups in total. The number of amides is 2. The minimum absolute atomic E-state index is 0.121. The molecule has 1 rings (SSSR count). The van der Waals surface area contributed by atoms with Crippen LogP contribution in [-0.2, 0) is 11.3 Å². The summed E-state index contributed by atoms with van der Waals surface area (Å²) in [4.78, 5) is 22.3. The van der Waals surface area contributed by atoms with Gasteiger partial charge in [-0.2, -0.15) is 0 Å².